The number of carbonyl (C=O) groups excluding carboxylic acids is 1. The molecule has 0 unspecified atom stereocenters. The van der Waals surface area contributed by atoms with E-state index in [1.54, 1.807) is 52.3 Å². The van der Waals surface area contributed by atoms with E-state index in [-0.39, 0.29) is 17.6 Å². The maximum atomic E-state index is 13.3. The van der Waals surface area contributed by atoms with E-state index in [2.05, 4.69) is 10.1 Å². The monoisotopic (exact) mass is 397 g/mol. The number of pyridine rings is 1. The standard InChI is InChI=1S/C19H13Cl2N5O/c1-11-10-25(14-2-3-16(20)17(21)7-14)19(27)18-15(9-24-26(11)18)12-4-5-23-13(6-12)8-22/h2-7,9,11H,10H2,1H3/t11-/m0/s1. The van der Waals surface area contributed by atoms with Gasteiger partial charge in [0, 0.05) is 24.0 Å². The highest BCUT2D eigenvalue weighted by molar-refractivity contribution is 6.42. The second-order valence-electron chi connectivity index (χ2n) is 6.26. The van der Waals surface area contributed by atoms with Gasteiger partial charge < -0.3 is 4.90 Å². The van der Waals surface area contributed by atoms with Gasteiger partial charge in [-0.2, -0.15) is 10.4 Å². The van der Waals surface area contributed by atoms with Crippen LogP contribution in [0.3, 0.4) is 0 Å². The third kappa shape index (κ3) is 2.95. The van der Waals surface area contributed by atoms with E-state index < -0.39 is 0 Å². The number of fused-ring (bicyclic) bond motifs is 1. The second kappa shape index (κ2) is 6.69. The van der Waals surface area contributed by atoms with E-state index in [4.69, 9.17) is 28.5 Å². The molecule has 0 spiro atoms. The molecule has 0 N–H and O–H groups in total. The van der Waals surface area contributed by atoms with Crippen LogP contribution in [0.1, 0.15) is 29.1 Å². The highest BCUT2D eigenvalue weighted by atomic mass is 35.5. The van der Waals surface area contributed by atoms with Gasteiger partial charge in [-0.05, 0) is 42.8 Å². The molecule has 6 nitrogen and oxygen atoms in total. The predicted molar refractivity (Wildman–Crippen MR) is 103 cm³/mol. The highest BCUT2D eigenvalue weighted by Crippen LogP contribution is 2.34. The zero-order valence-electron chi connectivity index (χ0n) is 14.2. The molecule has 0 aliphatic carbocycles. The van der Waals surface area contributed by atoms with Crippen molar-refractivity contribution in [2.75, 3.05) is 11.4 Å². The molecule has 2 aromatic heterocycles. The summed E-state index contributed by atoms with van der Waals surface area (Å²) >= 11 is 12.1. The van der Waals surface area contributed by atoms with E-state index in [0.29, 0.717) is 33.5 Å². The van der Waals surface area contributed by atoms with Crippen LogP contribution in [-0.4, -0.2) is 27.2 Å². The van der Waals surface area contributed by atoms with Gasteiger partial charge in [-0.1, -0.05) is 23.2 Å². The van der Waals surface area contributed by atoms with Crippen LogP contribution in [0.5, 0.6) is 0 Å². The molecule has 0 saturated carbocycles. The molecule has 4 rings (SSSR count). The first kappa shape index (κ1) is 17.5. The molecule has 8 heteroatoms. The molecular formula is C19H13Cl2N5O. The molecule has 134 valence electrons. The first-order chi connectivity index (χ1) is 13.0. The van der Waals surface area contributed by atoms with Crippen molar-refractivity contribution >= 4 is 34.8 Å². The van der Waals surface area contributed by atoms with Crippen LogP contribution in [0.4, 0.5) is 5.69 Å². The number of aromatic nitrogens is 3. The van der Waals surface area contributed by atoms with Crippen LogP contribution in [0.15, 0.2) is 42.7 Å². The van der Waals surface area contributed by atoms with Gasteiger partial charge in [-0.15, -0.1) is 0 Å². The van der Waals surface area contributed by atoms with Gasteiger partial charge in [-0.25, -0.2) is 4.98 Å². The van der Waals surface area contributed by atoms with E-state index in [1.807, 2.05) is 13.0 Å². The Morgan fingerprint density at radius 3 is 2.78 bits per heavy atom. The SMILES string of the molecule is C[C@H]1CN(c2ccc(Cl)c(Cl)c2)C(=O)c2c(-c3ccnc(C#N)c3)cnn21. The summed E-state index contributed by atoms with van der Waals surface area (Å²) in [6.07, 6.45) is 3.20. The van der Waals surface area contributed by atoms with Gasteiger partial charge in [0.25, 0.3) is 5.91 Å². The Hall–Kier alpha value is -2.88. The van der Waals surface area contributed by atoms with Crippen molar-refractivity contribution in [3.05, 3.63) is 64.2 Å². The molecule has 1 amide bonds. The van der Waals surface area contributed by atoms with E-state index >= 15 is 0 Å². The first-order valence-electron chi connectivity index (χ1n) is 8.20. The molecule has 0 saturated heterocycles. The average molecular weight is 398 g/mol. The number of rotatable bonds is 2. The average Bonchev–Trinajstić information content (AvgIpc) is 3.13. The van der Waals surface area contributed by atoms with Gasteiger partial charge in [0.05, 0.1) is 22.3 Å². The zero-order chi connectivity index (χ0) is 19.1. The van der Waals surface area contributed by atoms with Gasteiger partial charge in [-0.3, -0.25) is 9.48 Å². The first-order valence-corrected chi connectivity index (χ1v) is 8.96. The van der Waals surface area contributed by atoms with Crippen LogP contribution < -0.4 is 4.90 Å². The minimum Gasteiger partial charge on any atom is -0.305 e. The molecule has 0 bridgehead atoms. The quantitative estimate of drug-likeness (QED) is 0.644. The Morgan fingerprint density at radius 1 is 1.22 bits per heavy atom. The summed E-state index contributed by atoms with van der Waals surface area (Å²) in [5.41, 5.74) is 2.81. The maximum Gasteiger partial charge on any atom is 0.277 e. The maximum absolute atomic E-state index is 13.3. The molecule has 1 atom stereocenters. The van der Waals surface area contributed by atoms with Crippen molar-refractivity contribution in [1.29, 1.82) is 5.26 Å². The van der Waals surface area contributed by atoms with Gasteiger partial charge in [0.15, 0.2) is 0 Å². The number of hydrogen-bond donors (Lipinski definition) is 0. The molecule has 27 heavy (non-hydrogen) atoms. The Kier molecular flexibility index (Phi) is 4.34. The molecule has 1 aliphatic rings. The number of nitriles is 1. The number of anilines is 1. The summed E-state index contributed by atoms with van der Waals surface area (Å²) in [7, 11) is 0. The molecule has 3 heterocycles. The van der Waals surface area contributed by atoms with Crippen LogP contribution in [0.25, 0.3) is 11.1 Å². The summed E-state index contributed by atoms with van der Waals surface area (Å²) in [6, 6.07) is 10.5. The summed E-state index contributed by atoms with van der Waals surface area (Å²) in [6.45, 7) is 2.45. The van der Waals surface area contributed by atoms with Crippen molar-refractivity contribution in [3.8, 4) is 17.2 Å². The minimum atomic E-state index is -0.186. The summed E-state index contributed by atoms with van der Waals surface area (Å²) in [5, 5.41) is 14.3. The number of amides is 1. The summed E-state index contributed by atoms with van der Waals surface area (Å²) < 4.78 is 1.72. The second-order valence-corrected chi connectivity index (χ2v) is 7.07. The molecule has 1 aliphatic heterocycles. The third-order valence-corrected chi connectivity index (χ3v) is 5.25. The zero-order valence-corrected chi connectivity index (χ0v) is 15.7. The summed E-state index contributed by atoms with van der Waals surface area (Å²) in [5.74, 6) is -0.186. The Balaban J connectivity index is 1.82. The lowest BCUT2D eigenvalue weighted by Crippen LogP contribution is -2.42. The van der Waals surface area contributed by atoms with Crippen LogP contribution in [-0.2, 0) is 0 Å². The number of carbonyl (C=O) groups is 1. The third-order valence-electron chi connectivity index (χ3n) is 4.51. The topological polar surface area (TPSA) is 74.8 Å². The Morgan fingerprint density at radius 2 is 2.04 bits per heavy atom. The fourth-order valence-corrected chi connectivity index (χ4v) is 3.50. The van der Waals surface area contributed by atoms with Gasteiger partial charge in [0.1, 0.15) is 17.5 Å². The van der Waals surface area contributed by atoms with Crippen LogP contribution in [0.2, 0.25) is 10.0 Å². The molecule has 0 radical (unpaired) electrons. The fraction of sp³-hybridized carbons (Fsp3) is 0.158. The van der Waals surface area contributed by atoms with E-state index in [9.17, 15) is 4.79 Å². The number of hydrogen-bond acceptors (Lipinski definition) is 4. The lowest BCUT2D eigenvalue weighted by atomic mass is 10.0. The van der Waals surface area contributed by atoms with Crippen molar-refractivity contribution in [1.82, 2.24) is 14.8 Å². The van der Waals surface area contributed by atoms with Crippen molar-refractivity contribution in [2.45, 2.75) is 13.0 Å². The van der Waals surface area contributed by atoms with E-state index in [1.165, 1.54) is 0 Å². The minimum absolute atomic E-state index is 0.0295. The molecule has 1 aromatic carbocycles. The molecule has 0 fully saturated rings. The fourth-order valence-electron chi connectivity index (χ4n) is 3.21. The largest absolute Gasteiger partial charge is 0.305 e. The van der Waals surface area contributed by atoms with Gasteiger partial charge in [0.2, 0.25) is 0 Å². The van der Waals surface area contributed by atoms with Gasteiger partial charge >= 0.3 is 0 Å². The lowest BCUT2D eigenvalue weighted by Gasteiger charge is -2.32. The lowest BCUT2D eigenvalue weighted by molar-refractivity contribution is 0.0954. The van der Waals surface area contributed by atoms with Crippen molar-refractivity contribution in [2.24, 2.45) is 0 Å². The highest BCUT2D eigenvalue weighted by Gasteiger charge is 2.33. The molecule has 3 aromatic rings. The normalized spacial score (nSPS) is 16.1. The van der Waals surface area contributed by atoms with Crippen molar-refractivity contribution < 1.29 is 4.79 Å². The van der Waals surface area contributed by atoms with Crippen LogP contribution in [0, 0.1) is 11.3 Å². The van der Waals surface area contributed by atoms with E-state index in [0.717, 1.165) is 5.56 Å². The number of halogens is 2. The Bertz CT molecular complexity index is 1100. The number of benzene rings is 1. The molecular weight excluding hydrogens is 385 g/mol. The van der Waals surface area contributed by atoms with Crippen molar-refractivity contribution in [3.63, 3.8) is 0 Å². The summed E-state index contributed by atoms with van der Waals surface area (Å²) in [4.78, 5) is 18.9. The Labute approximate surface area is 165 Å². The van der Waals surface area contributed by atoms with Crippen LogP contribution >= 0.6 is 23.2 Å². The number of nitrogens with zero attached hydrogens (tertiary/aromatic N) is 5. The predicted octanol–water partition coefficient (Wildman–Crippen LogP) is 4.34. The smallest absolute Gasteiger partial charge is 0.277 e.